The first-order chi connectivity index (χ1) is 18.2. The van der Waals surface area contributed by atoms with Crippen molar-refractivity contribution < 1.29 is 39.5 Å². The summed E-state index contributed by atoms with van der Waals surface area (Å²) in [5.41, 5.74) is 2.92. The molecule has 1 aromatic carbocycles. The minimum atomic E-state index is -2.67. The number of ketones is 2. The van der Waals surface area contributed by atoms with Crippen LogP contribution in [0.5, 0.6) is 5.75 Å². The number of nitrogens with zero attached hydrogens (tertiary/aromatic N) is 2. The second-order valence-electron chi connectivity index (χ2n) is 10.1. The highest BCUT2D eigenvalue weighted by molar-refractivity contribution is 6.24. The molecule has 12 heteroatoms. The number of aromatic amines is 1. The third-order valence-electron chi connectivity index (χ3n) is 8.24. The highest BCUT2D eigenvalue weighted by Gasteiger charge is 2.64. The number of amides is 1. The lowest BCUT2D eigenvalue weighted by molar-refractivity contribution is -0.157. The first-order valence-electron chi connectivity index (χ1n) is 12.3. The predicted octanol–water partition coefficient (Wildman–Crippen LogP) is 0.125. The third kappa shape index (κ3) is 3.20. The third-order valence-corrected chi connectivity index (χ3v) is 8.24. The number of nitrogens with one attached hydrogen (secondary N) is 1. The van der Waals surface area contributed by atoms with Crippen molar-refractivity contribution >= 4 is 23.2 Å². The Balaban J connectivity index is 1.55. The van der Waals surface area contributed by atoms with E-state index in [1.54, 1.807) is 23.4 Å². The van der Waals surface area contributed by atoms with Crippen LogP contribution >= 0.6 is 0 Å². The van der Waals surface area contributed by atoms with Gasteiger partial charge in [-0.1, -0.05) is 0 Å². The van der Waals surface area contributed by atoms with Gasteiger partial charge in [-0.15, -0.1) is 0 Å². The molecular weight excluding hydrogens is 496 g/mol. The van der Waals surface area contributed by atoms with Crippen molar-refractivity contribution in [3.63, 3.8) is 0 Å². The topological polar surface area (TPSA) is 199 Å². The van der Waals surface area contributed by atoms with Gasteiger partial charge in [-0.2, -0.15) is 0 Å². The number of benzene rings is 1. The maximum atomic E-state index is 14.0. The number of aliphatic hydroxyl groups is 3. The summed E-state index contributed by atoms with van der Waals surface area (Å²) < 4.78 is 5.39. The number of Topliss-reactive ketones (excluding diaryl/α,β-unsaturated/α-hetero) is 2. The highest BCUT2D eigenvalue weighted by Crippen LogP contribution is 2.53. The fourth-order valence-corrected chi connectivity index (χ4v) is 6.56. The lowest BCUT2D eigenvalue weighted by atomic mass is 9.57. The Morgan fingerprint density at radius 3 is 2.58 bits per heavy atom. The number of aromatic hydroxyl groups is 1. The number of phenols is 1. The van der Waals surface area contributed by atoms with Crippen molar-refractivity contribution in [3.8, 4) is 17.1 Å². The van der Waals surface area contributed by atoms with Crippen molar-refractivity contribution in [2.24, 2.45) is 17.6 Å². The summed E-state index contributed by atoms with van der Waals surface area (Å²) in [7, 11) is 0. The largest absolute Gasteiger partial charge is 0.508 e. The second-order valence-corrected chi connectivity index (χ2v) is 10.1. The molecule has 1 saturated heterocycles. The van der Waals surface area contributed by atoms with Gasteiger partial charge < -0.3 is 35.9 Å². The van der Waals surface area contributed by atoms with Crippen LogP contribution in [0.25, 0.3) is 17.1 Å². The fourth-order valence-electron chi connectivity index (χ4n) is 6.56. The number of carbonyl (C=O) groups excluding carboxylic acids is 3. The summed E-state index contributed by atoms with van der Waals surface area (Å²) in [6.07, 6.45) is 3.41. The smallest absolute Gasteiger partial charge is 0.255 e. The maximum Gasteiger partial charge on any atom is 0.255 e. The van der Waals surface area contributed by atoms with Crippen molar-refractivity contribution in [1.82, 2.24) is 14.9 Å². The molecular formula is C26H26N4O8. The van der Waals surface area contributed by atoms with Crippen molar-refractivity contribution in [2.45, 2.75) is 24.5 Å². The lowest BCUT2D eigenvalue weighted by Crippen LogP contribution is -2.67. The molecule has 2 aromatic rings. The Hall–Kier alpha value is -4.00. The summed E-state index contributed by atoms with van der Waals surface area (Å²) in [4.78, 5) is 48.8. The number of primary amides is 1. The van der Waals surface area contributed by atoms with E-state index in [9.17, 15) is 34.8 Å². The van der Waals surface area contributed by atoms with Crippen LogP contribution in [0.1, 0.15) is 17.5 Å². The SMILES string of the molecule is NC(=O)C1=C(O)C2(O)C(=O)C3=C(O)c4c(O)ccc(-c5ncc[nH]5)c4CC3CC2C(N2CCOCC2)C1=O. The van der Waals surface area contributed by atoms with Gasteiger partial charge in [0.2, 0.25) is 5.78 Å². The highest BCUT2D eigenvalue weighted by atomic mass is 16.5. The van der Waals surface area contributed by atoms with Gasteiger partial charge in [0.1, 0.15) is 28.7 Å². The van der Waals surface area contributed by atoms with Crippen molar-refractivity contribution in [2.75, 3.05) is 26.3 Å². The van der Waals surface area contributed by atoms with Gasteiger partial charge in [0.25, 0.3) is 5.91 Å². The van der Waals surface area contributed by atoms with Crippen LogP contribution < -0.4 is 5.73 Å². The number of hydrogen-bond acceptors (Lipinski definition) is 10. The Bertz CT molecular complexity index is 1440. The van der Waals surface area contributed by atoms with E-state index in [1.807, 2.05) is 0 Å². The molecule has 4 atom stereocenters. The van der Waals surface area contributed by atoms with Gasteiger partial charge in [0, 0.05) is 42.5 Å². The molecule has 3 aliphatic carbocycles. The molecule has 198 valence electrons. The van der Waals surface area contributed by atoms with E-state index < -0.39 is 58.0 Å². The molecule has 2 heterocycles. The molecule has 6 rings (SSSR count). The average Bonchev–Trinajstić information content (AvgIpc) is 3.41. The lowest BCUT2D eigenvalue weighted by Gasteiger charge is -2.51. The number of morpholine rings is 1. The molecule has 4 unspecified atom stereocenters. The van der Waals surface area contributed by atoms with Crippen LogP contribution in [0, 0.1) is 11.8 Å². The average molecular weight is 523 g/mol. The normalized spacial score (nSPS) is 29.7. The van der Waals surface area contributed by atoms with E-state index >= 15 is 0 Å². The summed E-state index contributed by atoms with van der Waals surface area (Å²) in [5, 5.41) is 44.9. The number of phenolic OH excluding ortho intramolecular Hbond substituents is 1. The summed E-state index contributed by atoms with van der Waals surface area (Å²) in [6, 6.07) is 1.90. The van der Waals surface area contributed by atoms with Gasteiger partial charge in [0.05, 0.1) is 24.8 Å². The van der Waals surface area contributed by atoms with E-state index in [0.29, 0.717) is 43.3 Å². The van der Waals surface area contributed by atoms with Crippen molar-refractivity contribution in [3.05, 3.63) is 52.6 Å². The number of aliphatic hydroxyl groups excluding tert-OH is 2. The number of imidazole rings is 1. The van der Waals surface area contributed by atoms with E-state index in [0.717, 1.165) is 0 Å². The minimum Gasteiger partial charge on any atom is -0.508 e. The van der Waals surface area contributed by atoms with E-state index in [2.05, 4.69) is 9.97 Å². The zero-order chi connectivity index (χ0) is 26.9. The van der Waals surface area contributed by atoms with Gasteiger partial charge in [-0.05, 0) is 36.5 Å². The number of fused-ring (bicyclic) bond motifs is 3. The van der Waals surface area contributed by atoms with Crippen LogP contribution in [0.4, 0.5) is 0 Å². The predicted molar refractivity (Wildman–Crippen MR) is 131 cm³/mol. The van der Waals surface area contributed by atoms with Crippen LogP contribution in [0.2, 0.25) is 0 Å². The van der Waals surface area contributed by atoms with Gasteiger partial charge in [-0.25, -0.2) is 4.98 Å². The standard InChI is InChI=1S/C26H26N4O8/c27-24(36)18-21(33)19(30-5-7-38-8-6-30)14-10-11-9-13-12(25-28-3-4-29-25)1-2-15(31)17(13)20(32)16(11)22(34)26(14,37)23(18)35/h1-4,11,14,19,31-32,35,37H,5-10H2,(H2,27,36)(H,28,29). The van der Waals surface area contributed by atoms with E-state index in [-0.39, 0.29) is 29.7 Å². The molecule has 2 fully saturated rings. The number of nitrogens with two attached hydrogens (primary N) is 1. The number of aromatic nitrogens is 2. The number of H-pyrrole nitrogens is 1. The van der Waals surface area contributed by atoms with Gasteiger partial charge >= 0.3 is 0 Å². The van der Waals surface area contributed by atoms with E-state index in [1.165, 1.54) is 6.07 Å². The molecule has 0 spiro atoms. The monoisotopic (exact) mass is 522 g/mol. The van der Waals surface area contributed by atoms with Crippen LogP contribution in [-0.4, -0.2) is 90.7 Å². The number of rotatable bonds is 3. The molecule has 1 aromatic heterocycles. The minimum absolute atomic E-state index is 0.0239. The zero-order valence-electron chi connectivity index (χ0n) is 20.2. The Morgan fingerprint density at radius 1 is 1.18 bits per heavy atom. The molecule has 4 aliphatic rings. The molecule has 0 bridgehead atoms. The van der Waals surface area contributed by atoms with Gasteiger partial charge in [0.15, 0.2) is 11.4 Å². The van der Waals surface area contributed by atoms with E-state index in [4.69, 9.17) is 10.5 Å². The van der Waals surface area contributed by atoms with Crippen LogP contribution in [-0.2, 0) is 25.5 Å². The molecule has 7 N–H and O–H groups in total. The summed E-state index contributed by atoms with van der Waals surface area (Å²) in [6.45, 7) is 1.22. The summed E-state index contributed by atoms with van der Waals surface area (Å²) in [5.74, 6) is -6.26. The summed E-state index contributed by atoms with van der Waals surface area (Å²) >= 11 is 0. The Morgan fingerprint density at radius 2 is 1.92 bits per heavy atom. The van der Waals surface area contributed by atoms with Gasteiger partial charge in [-0.3, -0.25) is 19.3 Å². The Labute approximate surface area is 216 Å². The molecule has 1 aliphatic heterocycles. The fraction of sp³-hybridized carbons (Fsp3) is 0.385. The zero-order valence-corrected chi connectivity index (χ0v) is 20.2. The Kier molecular flexibility index (Phi) is 5.45. The molecule has 1 saturated carbocycles. The quantitative estimate of drug-likeness (QED) is 0.301. The number of hydrogen-bond donors (Lipinski definition) is 6. The first-order valence-corrected chi connectivity index (χ1v) is 12.3. The van der Waals surface area contributed by atoms with Crippen LogP contribution in [0.15, 0.2) is 41.4 Å². The van der Waals surface area contributed by atoms with Crippen molar-refractivity contribution in [1.29, 1.82) is 0 Å². The maximum absolute atomic E-state index is 14.0. The molecule has 0 radical (unpaired) electrons. The molecule has 1 amide bonds. The first kappa shape index (κ1) is 24.3. The second kappa shape index (κ2) is 8.51. The molecule has 12 nitrogen and oxygen atoms in total. The number of carbonyl (C=O) groups is 3. The number of ether oxygens (including phenoxy) is 1. The molecule has 38 heavy (non-hydrogen) atoms. The van der Waals surface area contributed by atoms with Crippen LogP contribution in [0.3, 0.4) is 0 Å².